The SMILES string of the molecule is OCC1(c2ccc(OC(F)F)c(Cl)c2)CCC1. The van der Waals surface area contributed by atoms with E-state index in [1.165, 1.54) is 6.07 Å². The van der Waals surface area contributed by atoms with Gasteiger partial charge < -0.3 is 9.84 Å². The van der Waals surface area contributed by atoms with Gasteiger partial charge in [-0.15, -0.1) is 0 Å². The zero-order valence-electron chi connectivity index (χ0n) is 9.13. The Morgan fingerprint density at radius 1 is 1.41 bits per heavy atom. The van der Waals surface area contributed by atoms with Gasteiger partial charge in [-0.2, -0.15) is 8.78 Å². The van der Waals surface area contributed by atoms with E-state index < -0.39 is 6.61 Å². The van der Waals surface area contributed by atoms with E-state index in [-0.39, 0.29) is 22.8 Å². The summed E-state index contributed by atoms with van der Waals surface area (Å²) in [6.07, 6.45) is 2.86. The molecule has 0 atom stereocenters. The van der Waals surface area contributed by atoms with Crippen molar-refractivity contribution in [1.82, 2.24) is 0 Å². The molecule has 0 spiro atoms. The molecule has 0 heterocycles. The van der Waals surface area contributed by atoms with Crippen molar-refractivity contribution < 1.29 is 18.6 Å². The van der Waals surface area contributed by atoms with E-state index in [2.05, 4.69) is 4.74 Å². The lowest BCUT2D eigenvalue weighted by molar-refractivity contribution is -0.0498. The lowest BCUT2D eigenvalue weighted by Gasteiger charge is -2.41. The van der Waals surface area contributed by atoms with Gasteiger partial charge in [-0.1, -0.05) is 24.1 Å². The molecule has 1 aromatic carbocycles. The van der Waals surface area contributed by atoms with Crippen molar-refractivity contribution in [3.8, 4) is 5.75 Å². The predicted molar refractivity (Wildman–Crippen MR) is 60.7 cm³/mol. The summed E-state index contributed by atoms with van der Waals surface area (Å²) in [4.78, 5) is 0. The zero-order valence-corrected chi connectivity index (χ0v) is 9.88. The Labute approximate surface area is 103 Å². The Balaban J connectivity index is 2.24. The van der Waals surface area contributed by atoms with E-state index in [1.54, 1.807) is 12.1 Å². The molecule has 2 rings (SSSR count). The Bertz CT molecular complexity index is 400. The molecule has 0 aromatic heterocycles. The van der Waals surface area contributed by atoms with E-state index >= 15 is 0 Å². The van der Waals surface area contributed by atoms with Crippen molar-refractivity contribution in [1.29, 1.82) is 0 Å². The molecule has 0 bridgehead atoms. The molecule has 1 aliphatic rings. The van der Waals surface area contributed by atoms with Crippen LogP contribution in [0.3, 0.4) is 0 Å². The van der Waals surface area contributed by atoms with Crippen molar-refractivity contribution in [2.75, 3.05) is 6.61 Å². The van der Waals surface area contributed by atoms with Crippen LogP contribution in [0.1, 0.15) is 24.8 Å². The molecule has 1 N–H and O–H groups in total. The second-order valence-electron chi connectivity index (χ2n) is 4.32. The van der Waals surface area contributed by atoms with E-state index in [1.807, 2.05) is 0 Å². The minimum Gasteiger partial charge on any atom is -0.433 e. The molecule has 0 radical (unpaired) electrons. The minimum atomic E-state index is -2.88. The molecule has 1 aromatic rings. The monoisotopic (exact) mass is 262 g/mol. The normalized spacial score (nSPS) is 17.9. The fourth-order valence-electron chi connectivity index (χ4n) is 2.16. The molecule has 1 aliphatic carbocycles. The second-order valence-corrected chi connectivity index (χ2v) is 4.72. The number of halogens is 3. The van der Waals surface area contributed by atoms with Crippen LogP contribution in [0.25, 0.3) is 0 Å². The lowest BCUT2D eigenvalue weighted by Crippen LogP contribution is -2.37. The van der Waals surface area contributed by atoms with Gasteiger partial charge in [0.1, 0.15) is 5.75 Å². The van der Waals surface area contributed by atoms with Crippen LogP contribution >= 0.6 is 11.6 Å². The second kappa shape index (κ2) is 4.78. The third-order valence-corrected chi connectivity index (χ3v) is 3.67. The molecular weight excluding hydrogens is 250 g/mol. The highest BCUT2D eigenvalue weighted by atomic mass is 35.5. The van der Waals surface area contributed by atoms with Crippen LogP contribution in [-0.4, -0.2) is 18.3 Å². The van der Waals surface area contributed by atoms with Crippen LogP contribution in [0, 0.1) is 0 Å². The van der Waals surface area contributed by atoms with Crippen molar-refractivity contribution in [3.63, 3.8) is 0 Å². The summed E-state index contributed by atoms with van der Waals surface area (Å²) in [7, 11) is 0. The third-order valence-electron chi connectivity index (χ3n) is 3.37. The first kappa shape index (κ1) is 12.6. The molecule has 5 heteroatoms. The van der Waals surface area contributed by atoms with Crippen LogP contribution in [0.4, 0.5) is 8.78 Å². The van der Waals surface area contributed by atoms with Gasteiger partial charge in [0.15, 0.2) is 0 Å². The number of aliphatic hydroxyl groups excluding tert-OH is 1. The minimum absolute atomic E-state index is 0.0298. The number of hydrogen-bond donors (Lipinski definition) is 1. The molecule has 0 aliphatic heterocycles. The van der Waals surface area contributed by atoms with Gasteiger partial charge in [-0.25, -0.2) is 0 Å². The summed E-state index contributed by atoms with van der Waals surface area (Å²) in [5, 5.41) is 9.56. The van der Waals surface area contributed by atoms with E-state index in [0.717, 1.165) is 24.8 Å². The maximum Gasteiger partial charge on any atom is 0.387 e. The van der Waals surface area contributed by atoms with Crippen molar-refractivity contribution in [2.24, 2.45) is 0 Å². The fourth-order valence-corrected chi connectivity index (χ4v) is 2.39. The van der Waals surface area contributed by atoms with E-state index in [4.69, 9.17) is 11.6 Å². The zero-order chi connectivity index (χ0) is 12.5. The maximum absolute atomic E-state index is 12.1. The Morgan fingerprint density at radius 2 is 2.12 bits per heavy atom. The first-order chi connectivity index (χ1) is 8.07. The predicted octanol–water partition coefficient (Wildman–Crippen LogP) is 3.36. The average molecular weight is 263 g/mol. The molecule has 1 saturated carbocycles. The lowest BCUT2D eigenvalue weighted by atomic mass is 9.65. The molecule has 0 amide bonds. The van der Waals surface area contributed by atoms with Gasteiger partial charge >= 0.3 is 6.61 Å². The highest BCUT2D eigenvalue weighted by Gasteiger charge is 2.38. The van der Waals surface area contributed by atoms with E-state index in [0.29, 0.717) is 0 Å². The van der Waals surface area contributed by atoms with Crippen LogP contribution in [-0.2, 0) is 5.41 Å². The highest BCUT2D eigenvalue weighted by molar-refractivity contribution is 6.32. The number of rotatable bonds is 4. The van der Waals surface area contributed by atoms with Gasteiger partial charge in [0.05, 0.1) is 11.6 Å². The number of alkyl halides is 2. The van der Waals surface area contributed by atoms with Crippen LogP contribution in [0.15, 0.2) is 18.2 Å². The van der Waals surface area contributed by atoms with Gasteiger partial charge in [0.2, 0.25) is 0 Å². The topological polar surface area (TPSA) is 29.5 Å². The Hall–Kier alpha value is -0.870. The smallest absolute Gasteiger partial charge is 0.387 e. The first-order valence-electron chi connectivity index (χ1n) is 5.43. The molecule has 0 saturated heterocycles. The summed E-state index contributed by atoms with van der Waals surface area (Å²) in [6.45, 7) is -2.83. The molecule has 1 fully saturated rings. The largest absolute Gasteiger partial charge is 0.433 e. The first-order valence-corrected chi connectivity index (χ1v) is 5.81. The summed E-state index contributed by atoms with van der Waals surface area (Å²) in [5.41, 5.74) is 0.644. The molecule has 94 valence electrons. The molecule has 0 unspecified atom stereocenters. The number of ether oxygens (including phenoxy) is 1. The van der Waals surface area contributed by atoms with Gasteiger partial charge in [0.25, 0.3) is 0 Å². The van der Waals surface area contributed by atoms with E-state index in [9.17, 15) is 13.9 Å². The molecular formula is C12H13ClF2O2. The number of aliphatic hydroxyl groups is 1. The van der Waals surface area contributed by atoms with Crippen molar-refractivity contribution >= 4 is 11.6 Å². The highest BCUT2D eigenvalue weighted by Crippen LogP contribution is 2.44. The Morgan fingerprint density at radius 3 is 2.53 bits per heavy atom. The van der Waals surface area contributed by atoms with Crippen molar-refractivity contribution in [3.05, 3.63) is 28.8 Å². The quantitative estimate of drug-likeness (QED) is 0.902. The molecule has 17 heavy (non-hydrogen) atoms. The summed E-state index contributed by atoms with van der Waals surface area (Å²) in [6, 6.07) is 4.73. The van der Waals surface area contributed by atoms with Crippen LogP contribution in [0.2, 0.25) is 5.02 Å². The summed E-state index contributed by atoms with van der Waals surface area (Å²) < 4.78 is 28.4. The molecule has 2 nitrogen and oxygen atoms in total. The standard InChI is InChI=1S/C12H13ClF2O2/c13-9-6-8(12(7-16)4-1-5-12)2-3-10(9)17-11(14)15/h2-3,6,11,16H,1,4-5,7H2. The van der Waals surface area contributed by atoms with Crippen LogP contribution < -0.4 is 4.74 Å². The summed E-state index contributed by atoms with van der Waals surface area (Å²) in [5.74, 6) is -0.0298. The van der Waals surface area contributed by atoms with Crippen molar-refractivity contribution in [2.45, 2.75) is 31.3 Å². The summed E-state index contributed by atoms with van der Waals surface area (Å²) >= 11 is 5.88. The van der Waals surface area contributed by atoms with Gasteiger partial charge in [-0.3, -0.25) is 0 Å². The number of hydrogen-bond acceptors (Lipinski definition) is 2. The fraction of sp³-hybridized carbons (Fsp3) is 0.500. The maximum atomic E-state index is 12.1. The van der Waals surface area contributed by atoms with Crippen LogP contribution in [0.5, 0.6) is 5.75 Å². The average Bonchev–Trinajstić information content (AvgIpc) is 2.20. The third kappa shape index (κ3) is 2.38. The number of benzene rings is 1. The van der Waals surface area contributed by atoms with Gasteiger partial charge in [0, 0.05) is 5.41 Å². The Kier molecular flexibility index (Phi) is 3.54. The van der Waals surface area contributed by atoms with Gasteiger partial charge in [-0.05, 0) is 30.5 Å².